The van der Waals surface area contributed by atoms with Crippen LogP contribution in [0.3, 0.4) is 0 Å². The lowest BCUT2D eigenvalue weighted by Gasteiger charge is -2.18. The number of aliphatic hydroxyl groups is 1. The van der Waals surface area contributed by atoms with Crippen molar-refractivity contribution in [1.29, 1.82) is 0 Å². The molecule has 0 fully saturated rings. The van der Waals surface area contributed by atoms with Gasteiger partial charge in [-0.2, -0.15) is 0 Å². The molecule has 0 saturated carbocycles. The van der Waals surface area contributed by atoms with Crippen LogP contribution in [0, 0.1) is 5.92 Å². The Kier molecular flexibility index (Phi) is 5.66. The largest absolute Gasteiger partial charge is 0.385 e. The summed E-state index contributed by atoms with van der Waals surface area (Å²) in [6.07, 6.45) is 0.955. The van der Waals surface area contributed by atoms with Crippen LogP contribution in [0.15, 0.2) is 24.3 Å². The number of carbonyl (C=O) groups is 1. The van der Waals surface area contributed by atoms with E-state index in [0.29, 0.717) is 5.02 Å². The van der Waals surface area contributed by atoms with E-state index in [0.717, 1.165) is 18.4 Å². The molecule has 1 N–H and O–H groups in total. The summed E-state index contributed by atoms with van der Waals surface area (Å²) in [4.78, 5) is 11.9. The second kappa shape index (κ2) is 6.77. The summed E-state index contributed by atoms with van der Waals surface area (Å²) in [5, 5.41) is 10.5. The van der Waals surface area contributed by atoms with Gasteiger partial charge in [0, 0.05) is 11.4 Å². The normalized spacial score (nSPS) is 12.8. The second-order valence-electron chi connectivity index (χ2n) is 4.26. The van der Waals surface area contributed by atoms with Gasteiger partial charge in [-0.15, -0.1) is 0 Å². The van der Waals surface area contributed by atoms with Crippen molar-refractivity contribution in [2.75, 3.05) is 0 Å². The van der Waals surface area contributed by atoms with Gasteiger partial charge in [-0.3, -0.25) is 4.79 Å². The standard InChI is InChI=1S/C14H19ClO2/c1-3-10(4-2)14(17)13(16)9-11-7-5-6-8-12(11)15/h5-8,10,14,17H,3-4,9H2,1-2H3. The van der Waals surface area contributed by atoms with Gasteiger partial charge in [-0.25, -0.2) is 0 Å². The Hall–Kier alpha value is -0.860. The molecule has 0 heterocycles. The van der Waals surface area contributed by atoms with Crippen LogP contribution in [0.4, 0.5) is 0 Å². The minimum absolute atomic E-state index is 0.0463. The molecule has 94 valence electrons. The quantitative estimate of drug-likeness (QED) is 0.846. The minimum Gasteiger partial charge on any atom is -0.385 e. The second-order valence-corrected chi connectivity index (χ2v) is 4.66. The fourth-order valence-corrected chi connectivity index (χ4v) is 2.13. The van der Waals surface area contributed by atoms with Gasteiger partial charge < -0.3 is 5.11 Å². The number of hydrogen-bond donors (Lipinski definition) is 1. The van der Waals surface area contributed by atoms with Crippen molar-refractivity contribution in [3.8, 4) is 0 Å². The summed E-state index contributed by atoms with van der Waals surface area (Å²) in [7, 11) is 0. The van der Waals surface area contributed by atoms with Gasteiger partial charge in [0.2, 0.25) is 0 Å². The zero-order valence-corrected chi connectivity index (χ0v) is 11.1. The predicted octanol–water partition coefficient (Wildman–Crippen LogP) is 3.25. The van der Waals surface area contributed by atoms with Gasteiger partial charge in [-0.1, -0.05) is 56.5 Å². The molecule has 1 unspecified atom stereocenters. The van der Waals surface area contributed by atoms with Crippen molar-refractivity contribution < 1.29 is 9.90 Å². The van der Waals surface area contributed by atoms with Crippen LogP contribution in [0.1, 0.15) is 32.3 Å². The highest BCUT2D eigenvalue weighted by Crippen LogP contribution is 2.19. The van der Waals surface area contributed by atoms with E-state index in [1.807, 2.05) is 32.0 Å². The molecule has 0 amide bonds. The highest BCUT2D eigenvalue weighted by atomic mass is 35.5. The third-order valence-electron chi connectivity index (χ3n) is 3.15. The van der Waals surface area contributed by atoms with E-state index in [4.69, 9.17) is 11.6 Å². The van der Waals surface area contributed by atoms with Crippen molar-refractivity contribution in [1.82, 2.24) is 0 Å². The predicted molar refractivity (Wildman–Crippen MR) is 70.2 cm³/mol. The number of ketones is 1. The monoisotopic (exact) mass is 254 g/mol. The third-order valence-corrected chi connectivity index (χ3v) is 3.52. The summed E-state index contributed by atoms with van der Waals surface area (Å²) in [5.74, 6) is -0.100. The maximum atomic E-state index is 11.9. The Morgan fingerprint density at radius 3 is 2.41 bits per heavy atom. The maximum Gasteiger partial charge on any atom is 0.165 e. The number of halogens is 1. The highest BCUT2D eigenvalue weighted by Gasteiger charge is 2.23. The molecule has 1 aromatic carbocycles. The van der Waals surface area contributed by atoms with E-state index in [1.54, 1.807) is 6.07 Å². The fourth-order valence-electron chi connectivity index (χ4n) is 1.93. The molecular formula is C14H19ClO2. The van der Waals surface area contributed by atoms with Gasteiger partial charge in [-0.05, 0) is 17.5 Å². The minimum atomic E-state index is -0.874. The number of hydrogen-bond acceptors (Lipinski definition) is 2. The van der Waals surface area contributed by atoms with Gasteiger partial charge in [0.25, 0.3) is 0 Å². The number of aliphatic hydroxyl groups excluding tert-OH is 1. The summed E-state index contributed by atoms with van der Waals surface area (Å²) in [6, 6.07) is 7.25. The average Bonchev–Trinajstić information content (AvgIpc) is 2.33. The number of Topliss-reactive ketones (excluding diaryl/α,β-unsaturated/α-hetero) is 1. The van der Waals surface area contributed by atoms with Crippen molar-refractivity contribution in [2.24, 2.45) is 5.92 Å². The average molecular weight is 255 g/mol. The van der Waals surface area contributed by atoms with Crippen LogP contribution in [0.2, 0.25) is 5.02 Å². The van der Waals surface area contributed by atoms with Gasteiger partial charge in [0.1, 0.15) is 6.10 Å². The van der Waals surface area contributed by atoms with Crippen LogP contribution in [-0.2, 0) is 11.2 Å². The Morgan fingerprint density at radius 2 is 1.88 bits per heavy atom. The molecule has 2 nitrogen and oxygen atoms in total. The Morgan fingerprint density at radius 1 is 1.29 bits per heavy atom. The molecule has 3 heteroatoms. The first-order valence-corrected chi connectivity index (χ1v) is 6.42. The first kappa shape index (κ1) is 14.2. The topological polar surface area (TPSA) is 37.3 Å². The van der Waals surface area contributed by atoms with E-state index in [1.165, 1.54) is 0 Å². The number of carbonyl (C=O) groups excluding carboxylic acids is 1. The van der Waals surface area contributed by atoms with Crippen LogP contribution >= 0.6 is 11.6 Å². The van der Waals surface area contributed by atoms with E-state index in [2.05, 4.69) is 0 Å². The Bertz CT molecular complexity index is 372. The molecule has 0 bridgehead atoms. The molecule has 0 spiro atoms. The van der Waals surface area contributed by atoms with Crippen LogP contribution in [0.5, 0.6) is 0 Å². The number of rotatable bonds is 6. The molecule has 0 aromatic heterocycles. The lowest BCUT2D eigenvalue weighted by molar-refractivity contribution is -0.129. The van der Waals surface area contributed by atoms with Gasteiger partial charge in [0.05, 0.1) is 0 Å². The van der Waals surface area contributed by atoms with E-state index >= 15 is 0 Å². The first-order chi connectivity index (χ1) is 8.10. The van der Waals surface area contributed by atoms with E-state index < -0.39 is 6.10 Å². The SMILES string of the molecule is CCC(CC)C(O)C(=O)Cc1ccccc1Cl. The van der Waals surface area contributed by atoms with Crippen molar-refractivity contribution in [2.45, 2.75) is 39.2 Å². The molecular weight excluding hydrogens is 236 g/mol. The van der Waals surface area contributed by atoms with Crippen molar-refractivity contribution >= 4 is 17.4 Å². The Labute approximate surface area is 108 Å². The molecule has 1 aromatic rings. The lowest BCUT2D eigenvalue weighted by Crippen LogP contribution is -2.30. The molecule has 0 aliphatic rings. The van der Waals surface area contributed by atoms with E-state index in [9.17, 15) is 9.90 Å². The third kappa shape index (κ3) is 3.83. The molecule has 0 aliphatic carbocycles. The van der Waals surface area contributed by atoms with Crippen molar-refractivity contribution in [3.05, 3.63) is 34.9 Å². The molecule has 0 radical (unpaired) electrons. The summed E-state index contributed by atoms with van der Waals surface area (Å²) < 4.78 is 0. The van der Waals surface area contributed by atoms with Crippen molar-refractivity contribution in [3.63, 3.8) is 0 Å². The zero-order chi connectivity index (χ0) is 12.8. The van der Waals surface area contributed by atoms with E-state index in [-0.39, 0.29) is 18.1 Å². The molecule has 1 atom stereocenters. The molecule has 17 heavy (non-hydrogen) atoms. The van der Waals surface area contributed by atoms with Gasteiger partial charge in [0.15, 0.2) is 5.78 Å². The summed E-state index contributed by atoms with van der Waals surface area (Å²) in [6.45, 7) is 3.97. The first-order valence-electron chi connectivity index (χ1n) is 6.04. The Balaban J connectivity index is 2.69. The molecule has 1 rings (SSSR count). The maximum absolute atomic E-state index is 11.9. The number of benzene rings is 1. The smallest absolute Gasteiger partial charge is 0.165 e. The zero-order valence-electron chi connectivity index (χ0n) is 10.3. The van der Waals surface area contributed by atoms with Gasteiger partial charge >= 0.3 is 0 Å². The fraction of sp³-hybridized carbons (Fsp3) is 0.500. The van der Waals surface area contributed by atoms with Crippen LogP contribution < -0.4 is 0 Å². The van der Waals surface area contributed by atoms with Crippen LogP contribution in [-0.4, -0.2) is 17.0 Å². The van der Waals surface area contributed by atoms with Crippen LogP contribution in [0.25, 0.3) is 0 Å². The molecule has 0 saturated heterocycles. The highest BCUT2D eigenvalue weighted by molar-refractivity contribution is 6.31. The summed E-state index contributed by atoms with van der Waals surface area (Å²) in [5.41, 5.74) is 0.782. The molecule has 0 aliphatic heterocycles. The lowest BCUT2D eigenvalue weighted by atomic mass is 9.91. The summed E-state index contributed by atoms with van der Waals surface area (Å²) >= 11 is 5.99.